The van der Waals surface area contributed by atoms with Gasteiger partial charge in [0.2, 0.25) is 0 Å². The molecule has 23 heavy (non-hydrogen) atoms. The van der Waals surface area contributed by atoms with Gasteiger partial charge in [-0.2, -0.15) is 8.42 Å². The van der Waals surface area contributed by atoms with E-state index in [2.05, 4.69) is 6.92 Å². The molecule has 0 aromatic rings. The van der Waals surface area contributed by atoms with Gasteiger partial charge >= 0.3 is 29.6 Å². The minimum absolute atomic E-state index is 0. The van der Waals surface area contributed by atoms with Crippen LogP contribution in [0.2, 0.25) is 0 Å². The third-order valence-electron chi connectivity index (χ3n) is 3.96. The molecule has 0 rings (SSSR count). The van der Waals surface area contributed by atoms with Crippen molar-refractivity contribution in [3.8, 4) is 0 Å². The van der Waals surface area contributed by atoms with E-state index >= 15 is 0 Å². The number of carbonyl (C=O) groups is 1. The van der Waals surface area contributed by atoms with Crippen molar-refractivity contribution in [1.82, 2.24) is 0 Å². The Kier molecular flexibility index (Phi) is 18.0. The number of unbranched alkanes of at least 4 members (excludes halogenated alkanes) is 10. The van der Waals surface area contributed by atoms with Crippen LogP contribution in [0.4, 0.5) is 0 Å². The summed E-state index contributed by atoms with van der Waals surface area (Å²) in [5.74, 6) is -0.471. The van der Waals surface area contributed by atoms with E-state index in [0.717, 1.165) is 12.8 Å². The molecule has 0 saturated carbocycles. The molecule has 0 aliphatic carbocycles. The third kappa shape index (κ3) is 14.6. The summed E-state index contributed by atoms with van der Waals surface area (Å²) in [7, 11) is -4.35. The number of nitrogens with two attached hydrogens (primary N) is 1. The SMILES string of the molecule is CCCCCCCCCCCCCC(=O)C(CN)S(=O)(=O)O.[NaH]. The Balaban J connectivity index is 0. The van der Waals surface area contributed by atoms with Gasteiger partial charge in [0.1, 0.15) is 0 Å². The summed E-state index contributed by atoms with van der Waals surface area (Å²) in [4.78, 5) is 11.7. The Bertz CT molecular complexity index is 388. The van der Waals surface area contributed by atoms with Crippen LogP contribution in [0.5, 0.6) is 0 Å². The normalized spacial score (nSPS) is 12.7. The van der Waals surface area contributed by atoms with Crippen molar-refractivity contribution in [3.05, 3.63) is 0 Å². The van der Waals surface area contributed by atoms with E-state index < -0.39 is 21.2 Å². The first-order valence-corrected chi connectivity index (χ1v) is 10.1. The number of hydrogen-bond acceptors (Lipinski definition) is 4. The van der Waals surface area contributed by atoms with Crippen molar-refractivity contribution in [2.75, 3.05) is 6.54 Å². The van der Waals surface area contributed by atoms with E-state index in [4.69, 9.17) is 10.3 Å². The molecule has 134 valence electrons. The van der Waals surface area contributed by atoms with Gasteiger partial charge in [0, 0.05) is 13.0 Å². The summed E-state index contributed by atoms with van der Waals surface area (Å²) in [6, 6.07) is 0. The second kappa shape index (κ2) is 16.0. The molecule has 0 spiro atoms. The molecule has 0 amide bonds. The average Bonchev–Trinajstić information content (AvgIpc) is 2.44. The molecule has 7 heteroatoms. The molecule has 0 heterocycles. The van der Waals surface area contributed by atoms with Gasteiger partial charge in [0.05, 0.1) is 0 Å². The van der Waals surface area contributed by atoms with Crippen molar-refractivity contribution in [2.45, 2.75) is 89.2 Å². The van der Waals surface area contributed by atoms with Crippen LogP contribution in [-0.2, 0) is 14.9 Å². The molecule has 1 unspecified atom stereocenters. The summed E-state index contributed by atoms with van der Waals surface area (Å²) < 4.78 is 30.8. The Morgan fingerprint density at radius 1 is 0.913 bits per heavy atom. The zero-order valence-corrected chi connectivity index (χ0v) is 14.7. The Morgan fingerprint density at radius 2 is 1.30 bits per heavy atom. The van der Waals surface area contributed by atoms with E-state index in [0.29, 0.717) is 6.42 Å². The first-order chi connectivity index (χ1) is 10.4. The standard InChI is InChI=1S/C16H33NO4S.Na.H/c1-2-3-4-5-6-7-8-9-10-11-12-13-15(18)16(14-17)22(19,20)21;;/h16H,2-14,17H2,1H3,(H,19,20,21);;. The number of rotatable bonds is 15. The maximum atomic E-state index is 11.7. The zero-order valence-electron chi connectivity index (χ0n) is 13.9. The fraction of sp³-hybridized carbons (Fsp3) is 0.938. The summed E-state index contributed by atoms with van der Waals surface area (Å²) in [6.45, 7) is 1.87. The second-order valence-electron chi connectivity index (χ2n) is 5.99. The van der Waals surface area contributed by atoms with E-state index in [9.17, 15) is 13.2 Å². The molecule has 1 atom stereocenters. The molecular formula is C16H34NNaO4S. The number of ketones is 1. The molecule has 0 bridgehead atoms. The summed E-state index contributed by atoms with van der Waals surface area (Å²) in [6.07, 6.45) is 13.1. The summed E-state index contributed by atoms with van der Waals surface area (Å²) >= 11 is 0. The molecular weight excluding hydrogens is 325 g/mol. The summed E-state index contributed by atoms with van der Waals surface area (Å²) in [5, 5.41) is -1.45. The van der Waals surface area contributed by atoms with Crippen LogP contribution in [0.3, 0.4) is 0 Å². The van der Waals surface area contributed by atoms with Gasteiger partial charge < -0.3 is 5.73 Å². The molecule has 0 aliphatic rings. The molecule has 3 N–H and O–H groups in total. The van der Waals surface area contributed by atoms with Gasteiger partial charge in [0.25, 0.3) is 10.1 Å². The maximum absolute atomic E-state index is 11.7. The third-order valence-corrected chi connectivity index (χ3v) is 5.13. The fourth-order valence-electron chi connectivity index (χ4n) is 2.54. The van der Waals surface area contributed by atoms with Crippen LogP contribution in [0.25, 0.3) is 0 Å². The first kappa shape index (κ1) is 25.8. The van der Waals surface area contributed by atoms with Crippen molar-refractivity contribution < 1.29 is 17.8 Å². The topological polar surface area (TPSA) is 97.5 Å². The van der Waals surface area contributed by atoms with E-state index in [1.54, 1.807) is 0 Å². The molecule has 5 nitrogen and oxygen atoms in total. The quantitative estimate of drug-likeness (QED) is 0.266. The Labute approximate surface area is 164 Å². The van der Waals surface area contributed by atoms with Crippen LogP contribution in [0, 0.1) is 0 Å². The molecule has 0 saturated heterocycles. The van der Waals surface area contributed by atoms with Gasteiger partial charge in [-0.15, -0.1) is 0 Å². The van der Waals surface area contributed by atoms with E-state index in [1.807, 2.05) is 0 Å². The molecule has 0 radical (unpaired) electrons. The van der Waals surface area contributed by atoms with Crippen LogP contribution in [0.1, 0.15) is 84.0 Å². The molecule has 0 aromatic heterocycles. The monoisotopic (exact) mass is 359 g/mol. The van der Waals surface area contributed by atoms with Crippen molar-refractivity contribution in [1.29, 1.82) is 0 Å². The number of Topliss-reactive ketones (excluding diaryl/α,β-unsaturated/α-hetero) is 1. The predicted molar refractivity (Wildman–Crippen MR) is 97.6 cm³/mol. The van der Waals surface area contributed by atoms with Gasteiger partial charge in [0.15, 0.2) is 11.0 Å². The van der Waals surface area contributed by atoms with E-state index in [-0.39, 0.29) is 42.5 Å². The molecule has 0 fully saturated rings. The summed E-state index contributed by atoms with van der Waals surface area (Å²) in [5.41, 5.74) is 5.23. The van der Waals surface area contributed by atoms with Crippen LogP contribution < -0.4 is 5.73 Å². The van der Waals surface area contributed by atoms with Crippen molar-refractivity contribution >= 4 is 45.5 Å². The van der Waals surface area contributed by atoms with Crippen LogP contribution in [0.15, 0.2) is 0 Å². The van der Waals surface area contributed by atoms with Gasteiger partial charge in [-0.3, -0.25) is 9.35 Å². The van der Waals surface area contributed by atoms with Crippen molar-refractivity contribution in [3.63, 3.8) is 0 Å². The Morgan fingerprint density at radius 3 is 1.65 bits per heavy atom. The number of hydrogen-bond donors (Lipinski definition) is 2. The number of carbonyl (C=O) groups excluding carboxylic acids is 1. The second-order valence-corrected chi connectivity index (χ2v) is 7.59. The van der Waals surface area contributed by atoms with Crippen LogP contribution >= 0.6 is 0 Å². The molecule has 0 aliphatic heterocycles. The first-order valence-electron chi connectivity index (χ1n) is 8.62. The van der Waals surface area contributed by atoms with Gasteiger partial charge in [-0.1, -0.05) is 71.1 Å². The van der Waals surface area contributed by atoms with Crippen molar-refractivity contribution in [2.24, 2.45) is 5.73 Å². The molecule has 0 aromatic carbocycles. The van der Waals surface area contributed by atoms with Crippen LogP contribution in [-0.4, -0.2) is 60.1 Å². The predicted octanol–water partition coefficient (Wildman–Crippen LogP) is 2.82. The zero-order chi connectivity index (χ0) is 16.8. The average molecular weight is 360 g/mol. The van der Waals surface area contributed by atoms with E-state index in [1.165, 1.54) is 51.4 Å². The minimum atomic E-state index is -4.35. The van der Waals surface area contributed by atoms with Gasteiger partial charge in [-0.25, -0.2) is 0 Å². The fourth-order valence-corrected chi connectivity index (χ4v) is 3.24. The van der Waals surface area contributed by atoms with Gasteiger partial charge in [-0.05, 0) is 6.42 Å². The Hall–Kier alpha value is 0.540.